The Labute approximate surface area is 157 Å². The van der Waals surface area contributed by atoms with Crippen molar-refractivity contribution in [2.24, 2.45) is 7.05 Å². The summed E-state index contributed by atoms with van der Waals surface area (Å²) in [6.45, 7) is 1.96. The van der Waals surface area contributed by atoms with Crippen LogP contribution < -0.4 is 20.3 Å². The van der Waals surface area contributed by atoms with Gasteiger partial charge in [0.25, 0.3) is 5.56 Å². The number of hydrogen-bond acceptors (Lipinski definition) is 7. The van der Waals surface area contributed by atoms with Gasteiger partial charge in [-0.2, -0.15) is 0 Å². The van der Waals surface area contributed by atoms with E-state index in [1.807, 2.05) is 11.4 Å². The SMILES string of the molecule is CC(Sc1nc2ccsc2c(=O)n1C)C(=O)Nc1ccc2c(c1)OCO2. The van der Waals surface area contributed by atoms with Crippen LogP contribution in [0.1, 0.15) is 6.92 Å². The summed E-state index contributed by atoms with van der Waals surface area (Å²) in [6, 6.07) is 7.05. The molecule has 1 unspecified atom stereocenters. The van der Waals surface area contributed by atoms with Gasteiger partial charge in [0.2, 0.25) is 12.7 Å². The van der Waals surface area contributed by atoms with Crippen LogP contribution in [0.3, 0.4) is 0 Å². The lowest BCUT2D eigenvalue weighted by atomic mass is 10.2. The van der Waals surface area contributed by atoms with Crippen LogP contribution in [0.5, 0.6) is 11.5 Å². The standard InChI is InChI=1S/C17H15N3O4S2/c1-9(15(21)18-10-3-4-12-13(7-10)24-8-23-12)26-17-19-11-5-6-25-14(11)16(22)20(17)2/h3-7,9H,8H2,1-2H3,(H,18,21). The number of fused-ring (bicyclic) bond motifs is 2. The van der Waals surface area contributed by atoms with Crippen LogP contribution in [-0.4, -0.2) is 27.5 Å². The highest BCUT2D eigenvalue weighted by molar-refractivity contribution is 8.00. The van der Waals surface area contributed by atoms with Crippen LogP contribution in [-0.2, 0) is 11.8 Å². The molecule has 1 N–H and O–H groups in total. The Morgan fingerprint density at radius 1 is 1.35 bits per heavy atom. The third kappa shape index (κ3) is 3.04. The van der Waals surface area contributed by atoms with Gasteiger partial charge in [-0.05, 0) is 30.5 Å². The van der Waals surface area contributed by atoms with E-state index in [0.717, 1.165) is 0 Å². The summed E-state index contributed by atoms with van der Waals surface area (Å²) in [5, 5.41) is 4.76. The molecule has 1 atom stereocenters. The quantitative estimate of drug-likeness (QED) is 0.546. The number of ether oxygens (including phenoxy) is 2. The summed E-state index contributed by atoms with van der Waals surface area (Å²) in [6.07, 6.45) is 0. The fraction of sp³-hybridized carbons (Fsp3) is 0.235. The summed E-state index contributed by atoms with van der Waals surface area (Å²) in [5.74, 6) is 1.08. The highest BCUT2D eigenvalue weighted by atomic mass is 32.2. The molecule has 7 nitrogen and oxygen atoms in total. The van der Waals surface area contributed by atoms with Crippen molar-refractivity contribution < 1.29 is 14.3 Å². The number of rotatable bonds is 4. The van der Waals surface area contributed by atoms with Crippen LogP contribution >= 0.6 is 23.1 Å². The number of anilines is 1. The first-order valence-corrected chi connectivity index (χ1v) is 9.60. The molecule has 3 heterocycles. The van der Waals surface area contributed by atoms with Crippen molar-refractivity contribution in [3.05, 3.63) is 40.0 Å². The van der Waals surface area contributed by atoms with Crippen molar-refractivity contribution in [1.82, 2.24) is 9.55 Å². The molecule has 3 aromatic rings. The van der Waals surface area contributed by atoms with E-state index in [-0.39, 0.29) is 18.3 Å². The first-order chi connectivity index (χ1) is 12.5. The molecule has 0 saturated carbocycles. The molecule has 0 fully saturated rings. The number of thiophene rings is 1. The van der Waals surface area contributed by atoms with Crippen LogP contribution in [0.15, 0.2) is 39.6 Å². The van der Waals surface area contributed by atoms with E-state index in [2.05, 4.69) is 10.3 Å². The second-order valence-corrected chi connectivity index (χ2v) is 7.93. The van der Waals surface area contributed by atoms with Crippen LogP contribution in [0.4, 0.5) is 5.69 Å². The Balaban J connectivity index is 1.51. The van der Waals surface area contributed by atoms with E-state index >= 15 is 0 Å². The smallest absolute Gasteiger partial charge is 0.271 e. The predicted molar refractivity (Wildman–Crippen MR) is 101 cm³/mol. The fourth-order valence-corrected chi connectivity index (χ4v) is 4.18. The minimum Gasteiger partial charge on any atom is -0.454 e. The molecule has 1 aliphatic heterocycles. The molecule has 0 bridgehead atoms. The molecule has 134 valence electrons. The first kappa shape index (κ1) is 16.9. The van der Waals surface area contributed by atoms with Crippen molar-refractivity contribution in [3.63, 3.8) is 0 Å². The van der Waals surface area contributed by atoms with E-state index in [1.54, 1.807) is 32.2 Å². The second-order valence-electron chi connectivity index (χ2n) is 5.71. The van der Waals surface area contributed by atoms with E-state index < -0.39 is 5.25 Å². The number of benzene rings is 1. The average Bonchev–Trinajstić information content (AvgIpc) is 3.27. The molecule has 0 radical (unpaired) electrons. The number of hydrogen-bond donors (Lipinski definition) is 1. The number of thioether (sulfide) groups is 1. The lowest BCUT2D eigenvalue weighted by molar-refractivity contribution is -0.115. The number of amides is 1. The minimum atomic E-state index is -0.436. The van der Waals surface area contributed by atoms with Crippen molar-refractivity contribution in [2.45, 2.75) is 17.3 Å². The Bertz CT molecular complexity index is 1060. The van der Waals surface area contributed by atoms with Gasteiger partial charge in [0.1, 0.15) is 4.70 Å². The Morgan fingerprint density at radius 2 is 2.15 bits per heavy atom. The molecule has 0 saturated heterocycles. The van der Waals surface area contributed by atoms with Crippen molar-refractivity contribution >= 4 is 44.9 Å². The number of aromatic nitrogens is 2. The third-order valence-corrected chi connectivity index (χ3v) is 5.97. The van der Waals surface area contributed by atoms with Gasteiger partial charge in [0, 0.05) is 18.8 Å². The number of carbonyl (C=O) groups excluding carboxylic acids is 1. The van der Waals surface area contributed by atoms with E-state index in [4.69, 9.17) is 9.47 Å². The maximum absolute atomic E-state index is 12.5. The topological polar surface area (TPSA) is 82.5 Å². The number of nitrogens with one attached hydrogen (secondary N) is 1. The van der Waals surface area contributed by atoms with E-state index in [0.29, 0.717) is 32.6 Å². The lowest BCUT2D eigenvalue weighted by Crippen LogP contribution is -2.25. The largest absolute Gasteiger partial charge is 0.454 e. The Kier molecular flexibility index (Phi) is 4.33. The van der Waals surface area contributed by atoms with Crippen molar-refractivity contribution in [1.29, 1.82) is 0 Å². The number of carbonyl (C=O) groups is 1. The van der Waals surface area contributed by atoms with Gasteiger partial charge >= 0.3 is 0 Å². The Morgan fingerprint density at radius 3 is 3.00 bits per heavy atom. The normalized spacial score (nSPS) is 13.8. The molecule has 4 rings (SSSR count). The van der Waals surface area contributed by atoms with Gasteiger partial charge in [0.05, 0.1) is 10.8 Å². The third-order valence-electron chi connectivity index (χ3n) is 3.94. The molecular formula is C17H15N3O4S2. The average molecular weight is 389 g/mol. The fourth-order valence-electron chi connectivity index (χ4n) is 2.50. The van der Waals surface area contributed by atoms with Gasteiger partial charge in [-0.15, -0.1) is 11.3 Å². The maximum Gasteiger partial charge on any atom is 0.271 e. The first-order valence-electron chi connectivity index (χ1n) is 7.84. The lowest BCUT2D eigenvalue weighted by Gasteiger charge is -2.13. The minimum absolute atomic E-state index is 0.101. The van der Waals surface area contributed by atoms with Gasteiger partial charge in [-0.25, -0.2) is 4.98 Å². The summed E-state index contributed by atoms with van der Waals surface area (Å²) in [4.78, 5) is 29.4. The molecular weight excluding hydrogens is 374 g/mol. The molecule has 1 amide bonds. The monoisotopic (exact) mass is 389 g/mol. The molecule has 26 heavy (non-hydrogen) atoms. The van der Waals surface area contributed by atoms with Crippen molar-refractivity contribution in [2.75, 3.05) is 12.1 Å². The summed E-state index contributed by atoms with van der Waals surface area (Å²) in [5.41, 5.74) is 1.18. The molecule has 9 heteroatoms. The van der Waals surface area contributed by atoms with E-state index in [9.17, 15) is 9.59 Å². The van der Waals surface area contributed by atoms with Crippen LogP contribution in [0.25, 0.3) is 10.2 Å². The van der Waals surface area contributed by atoms with Crippen LogP contribution in [0.2, 0.25) is 0 Å². The molecule has 1 aliphatic rings. The zero-order chi connectivity index (χ0) is 18.3. The molecule has 2 aromatic heterocycles. The van der Waals surface area contributed by atoms with Gasteiger partial charge in [-0.3, -0.25) is 14.2 Å². The molecule has 0 spiro atoms. The Hall–Kier alpha value is -2.52. The molecule has 0 aliphatic carbocycles. The number of nitrogens with zero attached hydrogens (tertiary/aromatic N) is 2. The van der Waals surface area contributed by atoms with Gasteiger partial charge in [0.15, 0.2) is 16.7 Å². The van der Waals surface area contributed by atoms with Crippen LogP contribution in [0, 0.1) is 0 Å². The highest BCUT2D eigenvalue weighted by Gasteiger charge is 2.20. The predicted octanol–water partition coefficient (Wildman–Crippen LogP) is 2.84. The second kappa shape index (κ2) is 6.65. The zero-order valence-corrected chi connectivity index (χ0v) is 15.6. The summed E-state index contributed by atoms with van der Waals surface area (Å²) in [7, 11) is 1.67. The molecule has 1 aromatic carbocycles. The van der Waals surface area contributed by atoms with E-state index in [1.165, 1.54) is 27.7 Å². The van der Waals surface area contributed by atoms with Gasteiger partial charge < -0.3 is 14.8 Å². The summed E-state index contributed by atoms with van der Waals surface area (Å²) >= 11 is 2.61. The van der Waals surface area contributed by atoms with Gasteiger partial charge in [-0.1, -0.05) is 11.8 Å². The maximum atomic E-state index is 12.5. The highest BCUT2D eigenvalue weighted by Crippen LogP contribution is 2.34. The van der Waals surface area contributed by atoms with Crippen molar-refractivity contribution in [3.8, 4) is 11.5 Å². The summed E-state index contributed by atoms with van der Waals surface area (Å²) < 4.78 is 12.7. The zero-order valence-electron chi connectivity index (χ0n) is 14.0.